The number of primary sulfonamides is 1. The average Bonchev–Trinajstić information content (AvgIpc) is 2.42. The fraction of sp³-hybridized carbons (Fsp3) is 0.0833. The molecule has 3 N–H and O–H groups in total. The monoisotopic (exact) mass is 342 g/mol. The highest BCUT2D eigenvalue weighted by Gasteiger charge is 2.33. The summed E-state index contributed by atoms with van der Waals surface area (Å²) in [5, 5.41) is 28.7. The van der Waals surface area contributed by atoms with E-state index in [0.29, 0.717) is 0 Å². The fourth-order valence-electron chi connectivity index (χ4n) is 1.85. The molecule has 10 heteroatoms. The molecule has 0 saturated carbocycles. The Bertz CT molecular complexity index is 882. The van der Waals surface area contributed by atoms with Crippen molar-refractivity contribution in [2.24, 2.45) is 5.14 Å². The number of sulfonamides is 1. The van der Waals surface area contributed by atoms with Crippen molar-refractivity contribution in [1.82, 2.24) is 10.2 Å². The van der Waals surface area contributed by atoms with Crippen molar-refractivity contribution >= 4 is 21.6 Å². The number of benzene rings is 1. The normalized spacial score (nSPS) is 12.6. The smallest absolute Gasteiger partial charge is 0.222 e. The molecule has 1 unspecified atom stereocenters. The molecule has 0 spiro atoms. The lowest BCUT2D eigenvalue weighted by atomic mass is 10.0. The Balaban J connectivity index is 2.75. The van der Waals surface area contributed by atoms with Gasteiger partial charge in [0.05, 0.1) is 11.6 Å². The number of nitrogens with two attached hydrogens (primary N) is 1. The van der Waals surface area contributed by atoms with Gasteiger partial charge >= 0.3 is 0 Å². The van der Waals surface area contributed by atoms with Crippen molar-refractivity contribution in [3.63, 3.8) is 0 Å². The summed E-state index contributed by atoms with van der Waals surface area (Å²) in [7, 11) is -4.41. The number of nitriles is 1. The van der Waals surface area contributed by atoms with Gasteiger partial charge < -0.3 is 5.11 Å². The first-order valence-electron chi connectivity index (χ1n) is 5.67. The molecule has 0 aliphatic rings. The predicted molar refractivity (Wildman–Crippen MR) is 74.8 cm³/mol. The van der Waals surface area contributed by atoms with E-state index in [-0.39, 0.29) is 10.7 Å². The molecule has 22 heavy (non-hydrogen) atoms. The Morgan fingerprint density at radius 3 is 2.59 bits per heavy atom. The standard InChI is InChI=1S/C12H8ClFN4O3S/c13-10-4-9(19)11(18-17-10)12(22(16,20)21)7-3-6(5-15)1-2-8(7)14/h1-4,12H,(H,17,19)(H2,16,20,21). The zero-order valence-electron chi connectivity index (χ0n) is 10.7. The molecule has 7 nitrogen and oxygen atoms in total. The Kier molecular flexibility index (Phi) is 4.27. The quantitative estimate of drug-likeness (QED) is 0.862. The number of hydrogen-bond donors (Lipinski definition) is 2. The van der Waals surface area contributed by atoms with Gasteiger partial charge in [-0.2, -0.15) is 5.26 Å². The van der Waals surface area contributed by atoms with Crippen molar-refractivity contribution in [2.45, 2.75) is 5.25 Å². The van der Waals surface area contributed by atoms with Gasteiger partial charge in [-0.25, -0.2) is 17.9 Å². The minimum absolute atomic E-state index is 0.0199. The summed E-state index contributed by atoms with van der Waals surface area (Å²) in [6.07, 6.45) is 0. The lowest BCUT2D eigenvalue weighted by Gasteiger charge is -2.16. The molecule has 1 heterocycles. The first-order valence-corrected chi connectivity index (χ1v) is 7.66. The highest BCUT2D eigenvalue weighted by atomic mass is 35.5. The molecule has 1 atom stereocenters. The third-order valence-corrected chi connectivity index (χ3v) is 4.07. The van der Waals surface area contributed by atoms with Gasteiger partial charge in [-0.05, 0) is 18.2 Å². The lowest BCUT2D eigenvalue weighted by Crippen LogP contribution is -2.25. The maximum absolute atomic E-state index is 14.0. The molecular formula is C12H8ClFN4O3S. The van der Waals surface area contributed by atoms with E-state index in [9.17, 15) is 17.9 Å². The molecule has 0 aliphatic heterocycles. The molecule has 0 saturated heterocycles. The van der Waals surface area contributed by atoms with E-state index >= 15 is 0 Å². The number of aromatic nitrogens is 2. The molecule has 0 aliphatic carbocycles. The highest BCUT2D eigenvalue weighted by Crippen LogP contribution is 2.34. The second kappa shape index (κ2) is 5.84. The summed E-state index contributed by atoms with van der Waals surface area (Å²) in [5.41, 5.74) is -0.888. The number of halogens is 2. The molecule has 0 amide bonds. The van der Waals surface area contributed by atoms with Gasteiger partial charge in [-0.15, -0.1) is 10.2 Å². The molecule has 1 aromatic carbocycles. The van der Waals surface area contributed by atoms with E-state index in [1.54, 1.807) is 6.07 Å². The number of aromatic hydroxyl groups is 1. The topological polar surface area (TPSA) is 130 Å². The van der Waals surface area contributed by atoms with Crippen LogP contribution in [0.1, 0.15) is 22.1 Å². The van der Waals surface area contributed by atoms with Crippen LogP contribution >= 0.6 is 11.6 Å². The maximum atomic E-state index is 14.0. The summed E-state index contributed by atoms with van der Waals surface area (Å²) >= 11 is 5.53. The van der Waals surface area contributed by atoms with Crippen LogP contribution < -0.4 is 5.14 Å². The van der Waals surface area contributed by atoms with Crippen LogP contribution in [0.3, 0.4) is 0 Å². The third-order valence-electron chi connectivity index (χ3n) is 2.76. The van der Waals surface area contributed by atoms with Crippen LogP contribution in [0.4, 0.5) is 4.39 Å². The number of hydrogen-bond acceptors (Lipinski definition) is 6. The Morgan fingerprint density at radius 1 is 1.36 bits per heavy atom. The molecule has 2 rings (SSSR count). The zero-order chi connectivity index (χ0) is 16.5. The average molecular weight is 343 g/mol. The van der Waals surface area contributed by atoms with Crippen molar-refractivity contribution in [1.29, 1.82) is 5.26 Å². The minimum atomic E-state index is -4.41. The predicted octanol–water partition coefficient (Wildman–Crippen LogP) is 1.22. The molecule has 1 aromatic heterocycles. The minimum Gasteiger partial charge on any atom is -0.506 e. The third kappa shape index (κ3) is 3.14. The summed E-state index contributed by atoms with van der Waals surface area (Å²) in [4.78, 5) is 0. The molecular weight excluding hydrogens is 335 g/mol. The van der Waals surface area contributed by atoms with E-state index < -0.39 is 38.1 Å². The van der Waals surface area contributed by atoms with E-state index in [0.717, 1.165) is 18.2 Å². The molecule has 0 bridgehead atoms. The van der Waals surface area contributed by atoms with E-state index in [4.69, 9.17) is 22.0 Å². The molecule has 0 radical (unpaired) electrons. The first-order chi connectivity index (χ1) is 10.2. The second-order valence-corrected chi connectivity index (χ2v) is 6.29. The van der Waals surface area contributed by atoms with Gasteiger partial charge in [0.1, 0.15) is 17.3 Å². The van der Waals surface area contributed by atoms with Crippen LogP contribution in [0.5, 0.6) is 5.75 Å². The molecule has 114 valence electrons. The second-order valence-electron chi connectivity index (χ2n) is 4.25. The van der Waals surface area contributed by atoms with Crippen molar-refractivity contribution < 1.29 is 17.9 Å². The molecule has 0 fully saturated rings. The highest BCUT2D eigenvalue weighted by molar-refractivity contribution is 7.89. The van der Waals surface area contributed by atoms with Gasteiger partial charge in [-0.3, -0.25) is 0 Å². The van der Waals surface area contributed by atoms with Gasteiger partial charge in [0.25, 0.3) is 0 Å². The van der Waals surface area contributed by atoms with Gasteiger partial charge in [0, 0.05) is 11.6 Å². The number of rotatable bonds is 3. The van der Waals surface area contributed by atoms with Gasteiger partial charge in [0.2, 0.25) is 10.0 Å². The van der Waals surface area contributed by atoms with Crippen LogP contribution in [0.15, 0.2) is 24.3 Å². The SMILES string of the molecule is N#Cc1ccc(F)c(C(c2nnc(Cl)cc2O)S(N)(=O)=O)c1. The van der Waals surface area contributed by atoms with Crippen molar-refractivity contribution in [3.8, 4) is 11.8 Å². The Morgan fingerprint density at radius 2 is 2.05 bits per heavy atom. The largest absolute Gasteiger partial charge is 0.506 e. The van der Waals surface area contributed by atoms with Crippen LogP contribution in [0.2, 0.25) is 5.15 Å². The van der Waals surface area contributed by atoms with E-state index in [2.05, 4.69) is 10.2 Å². The van der Waals surface area contributed by atoms with Crippen LogP contribution in [0.25, 0.3) is 0 Å². The number of nitrogens with zero attached hydrogens (tertiary/aromatic N) is 3. The van der Waals surface area contributed by atoms with Crippen LogP contribution in [-0.4, -0.2) is 23.7 Å². The van der Waals surface area contributed by atoms with Crippen molar-refractivity contribution in [3.05, 3.63) is 52.1 Å². The maximum Gasteiger partial charge on any atom is 0.222 e. The summed E-state index contributed by atoms with van der Waals surface area (Å²) in [6.45, 7) is 0. The van der Waals surface area contributed by atoms with E-state index in [1.165, 1.54) is 6.07 Å². The van der Waals surface area contributed by atoms with Crippen molar-refractivity contribution in [2.75, 3.05) is 0 Å². The molecule has 2 aromatic rings. The Labute approximate surface area is 129 Å². The Hall–Kier alpha value is -2.28. The van der Waals surface area contributed by atoms with E-state index in [1.807, 2.05) is 0 Å². The zero-order valence-corrected chi connectivity index (χ0v) is 12.3. The lowest BCUT2D eigenvalue weighted by molar-refractivity contribution is 0.460. The van der Waals surface area contributed by atoms with Gasteiger partial charge in [-0.1, -0.05) is 11.6 Å². The first kappa shape index (κ1) is 16.1. The summed E-state index contributed by atoms with van der Waals surface area (Å²) in [6, 6.07) is 5.82. The van der Waals surface area contributed by atoms with Crippen LogP contribution in [-0.2, 0) is 10.0 Å². The van der Waals surface area contributed by atoms with Crippen LogP contribution in [0, 0.1) is 17.1 Å². The summed E-state index contributed by atoms with van der Waals surface area (Å²) < 4.78 is 37.7. The fourth-order valence-corrected chi connectivity index (χ4v) is 3.00. The summed E-state index contributed by atoms with van der Waals surface area (Å²) in [5.74, 6) is -1.53. The van der Waals surface area contributed by atoms with Gasteiger partial charge in [0.15, 0.2) is 10.4 Å².